The van der Waals surface area contributed by atoms with Crippen LogP contribution in [0.1, 0.15) is 11.3 Å². The van der Waals surface area contributed by atoms with Gasteiger partial charge in [0.2, 0.25) is 0 Å². The fourth-order valence-corrected chi connectivity index (χ4v) is 5.03. The lowest BCUT2D eigenvalue weighted by Crippen LogP contribution is -2.18. The number of rotatable bonds is 6. The summed E-state index contributed by atoms with van der Waals surface area (Å²) in [5.41, 5.74) is 5.60. The van der Waals surface area contributed by atoms with Gasteiger partial charge in [0.15, 0.2) is 4.96 Å². The normalized spacial score (nSPS) is 11.9. The molecule has 6 nitrogen and oxygen atoms in total. The Labute approximate surface area is 195 Å². The molecule has 0 unspecified atom stereocenters. The number of sulfonamides is 1. The number of aromatic nitrogens is 2. The van der Waals surface area contributed by atoms with Crippen molar-refractivity contribution in [2.75, 3.05) is 0 Å². The van der Waals surface area contributed by atoms with Gasteiger partial charge >= 0.3 is 0 Å². The Balaban J connectivity index is 1.46. The lowest BCUT2D eigenvalue weighted by atomic mass is 10.0. The van der Waals surface area contributed by atoms with Crippen molar-refractivity contribution in [3.8, 4) is 22.4 Å². The minimum Gasteiger partial charge on any atom is -0.289 e. The van der Waals surface area contributed by atoms with Gasteiger partial charge in [0, 0.05) is 17.1 Å². The molecule has 2 aromatic heterocycles. The van der Waals surface area contributed by atoms with E-state index in [-0.39, 0.29) is 4.90 Å². The molecule has 33 heavy (non-hydrogen) atoms. The first-order valence-electron chi connectivity index (χ1n) is 10.2. The van der Waals surface area contributed by atoms with Gasteiger partial charge in [-0.2, -0.15) is 13.5 Å². The van der Waals surface area contributed by atoms with Crippen molar-refractivity contribution >= 4 is 32.5 Å². The Bertz CT molecular complexity index is 1530. The Morgan fingerprint density at radius 3 is 2.30 bits per heavy atom. The summed E-state index contributed by atoms with van der Waals surface area (Å²) in [6.07, 6.45) is 3.39. The van der Waals surface area contributed by atoms with Gasteiger partial charge in [-0.1, -0.05) is 72.3 Å². The number of hydrazone groups is 1. The van der Waals surface area contributed by atoms with Crippen LogP contribution in [0.15, 0.2) is 100 Å². The van der Waals surface area contributed by atoms with Crippen molar-refractivity contribution in [3.63, 3.8) is 0 Å². The first-order chi connectivity index (χ1) is 16.0. The van der Waals surface area contributed by atoms with E-state index in [1.54, 1.807) is 24.3 Å². The van der Waals surface area contributed by atoms with E-state index < -0.39 is 10.0 Å². The predicted molar refractivity (Wildman–Crippen MR) is 133 cm³/mol. The third-order valence-electron chi connectivity index (χ3n) is 5.26. The predicted octanol–water partition coefficient (Wildman–Crippen LogP) is 5.35. The monoisotopic (exact) mass is 472 g/mol. The van der Waals surface area contributed by atoms with Crippen LogP contribution in [0.3, 0.4) is 0 Å². The molecule has 0 amide bonds. The van der Waals surface area contributed by atoms with Crippen molar-refractivity contribution in [2.45, 2.75) is 11.8 Å². The van der Waals surface area contributed by atoms with Crippen LogP contribution in [0, 0.1) is 6.92 Å². The molecule has 164 valence electrons. The number of hydrogen-bond acceptors (Lipinski definition) is 5. The van der Waals surface area contributed by atoms with Crippen molar-refractivity contribution in [1.29, 1.82) is 0 Å². The third-order valence-corrected chi connectivity index (χ3v) is 7.25. The minimum atomic E-state index is -3.76. The van der Waals surface area contributed by atoms with Crippen LogP contribution in [0.25, 0.3) is 27.3 Å². The van der Waals surface area contributed by atoms with Crippen molar-refractivity contribution < 1.29 is 8.42 Å². The lowest BCUT2D eigenvalue weighted by molar-refractivity contribution is 0.584. The maximum atomic E-state index is 12.6. The summed E-state index contributed by atoms with van der Waals surface area (Å²) in [5, 5.41) is 5.98. The molecule has 0 aliphatic heterocycles. The molecule has 1 N–H and O–H groups in total. The van der Waals surface area contributed by atoms with Gasteiger partial charge in [0.25, 0.3) is 10.0 Å². The molecule has 0 saturated carbocycles. The molecule has 0 aliphatic carbocycles. The third kappa shape index (κ3) is 4.30. The molecule has 0 fully saturated rings. The number of benzene rings is 3. The van der Waals surface area contributed by atoms with Crippen LogP contribution in [-0.2, 0) is 10.0 Å². The molecule has 0 saturated heterocycles. The lowest BCUT2D eigenvalue weighted by Gasteiger charge is -2.05. The summed E-state index contributed by atoms with van der Waals surface area (Å²) in [6, 6.07) is 24.9. The zero-order valence-electron chi connectivity index (χ0n) is 17.7. The summed E-state index contributed by atoms with van der Waals surface area (Å²) in [6.45, 7) is 1.90. The van der Waals surface area contributed by atoms with Crippen LogP contribution >= 0.6 is 11.3 Å². The topological polar surface area (TPSA) is 75.8 Å². The minimum absolute atomic E-state index is 0.163. The molecular weight excluding hydrogens is 452 g/mol. The summed E-state index contributed by atoms with van der Waals surface area (Å²) in [4.78, 5) is 8.01. The average Bonchev–Trinajstić information content (AvgIpc) is 3.42. The molecule has 2 heterocycles. The molecule has 0 bridgehead atoms. The van der Waals surface area contributed by atoms with Gasteiger partial charge in [-0.25, -0.2) is 9.82 Å². The number of hydrogen-bond donors (Lipinski definition) is 1. The number of fused-ring (bicyclic) bond motifs is 1. The first kappa shape index (κ1) is 21.1. The van der Waals surface area contributed by atoms with Crippen molar-refractivity contribution in [3.05, 3.63) is 102 Å². The van der Waals surface area contributed by atoms with Gasteiger partial charge in [-0.3, -0.25) is 4.40 Å². The Morgan fingerprint density at radius 2 is 1.58 bits per heavy atom. The first-order valence-corrected chi connectivity index (χ1v) is 12.6. The fourth-order valence-electron chi connectivity index (χ4n) is 3.52. The highest BCUT2D eigenvalue weighted by Crippen LogP contribution is 2.28. The van der Waals surface area contributed by atoms with E-state index in [1.165, 1.54) is 17.6 Å². The molecule has 0 radical (unpaired) electrons. The molecule has 5 aromatic rings. The molecule has 0 spiro atoms. The van der Waals surface area contributed by atoms with E-state index >= 15 is 0 Å². The smallest absolute Gasteiger partial charge is 0.276 e. The van der Waals surface area contributed by atoms with Gasteiger partial charge in [-0.15, -0.1) is 11.3 Å². The fraction of sp³-hybridized carbons (Fsp3) is 0.0400. The number of aryl methyl sites for hydroxylation is 1. The van der Waals surface area contributed by atoms with Crippen LogP contribution in [-0.4, -0.2) is 24.0 Å². The zero-order valence-corrected chi connectivity index (χ0v) is 19.3. The molecule has 8 heteroatoms. The maximum Gasteiger partial charge on any atom is 0.276 e. The quantitative estimate of drug-likeness (QED) is 0.267. The summed E-state index contributed by atoms with van der Waals surface area (Å²) < 4.78 is 27.0. The SMILES string of the molecule is Cc1ccc(S(=O)(=O)NN=Cc2c(-c3ccc(-c4ccccc4)cc3)nc3sccn23)cc1. The Morgan fingerprint density at radius 1 is 0.909 bits per heavy atom. The van der Waals surface area contributed by atoms with E-state index in [9.17, 15) is 8.42 Å². The van der Waals surface area contributed by atoms with Crippen LogP contribution in [0.4, 0.5) is 0 Å². The molecular formula is C25H20N4O2S2. The zero-order chi connectivity index (χ0) is 22.8. The number of imidazole rings is 1. The van der Waals surface area contributed by atoms with Gasteiger partial charge in [0.1, 0.15) is 0 Å². The molecule has 0 aliphatic rings. The number of nitrogens with one attached hydrogen (secondary N) is 1. The van der Waals surface area contributed by atoms with Gasteiger partial charge in [0.05, 0.1) is 22.5 Å². The summed E-state index contributed by atoms with van der Waals surface area (Å²) in [5.74, 6) is 0. The van der Waals surface area contributed by atoms with Crippen molar-refractivity contribution in [2.24, 2.45) is 5.10 Å². The van der Waals surface area contributed by atoms with Gasteiger partial charge < -0.3 is 0 Å². The standard InChI is InChI=1S/C25H20N4O2S2/c1-18-7-13-22(14-8-18)33(30,31)28-26-17-23-24(27-25-29(23)15-16-32-25)21-11-9-20(10-12-21)19-5-3-2-4-6-19/h2-17,28H,1H3. The largest absolute Gasteiger partial charge is 0.289 e. The highest BCUT2D eigenvalue weighted by molar-refractivity contribution is 7.89. The maximum absolute atomic E-state index is 12.6. The van der Waals surface area contributed by atoms with E-state index in [2.05, 4.69) is 34.2 Å². The Hall–Kier alpha value is -3.75. The summed E-state index contributed by atoms with van der Waals surface area (Å²) >= 11 is 1.51. The average molecular weight is 473 g/mol. The van der Waals surface area contributed by atoms with E-state index in [0.717, 1.165) is 32.9 Å². The molecule has 0 atom stereocenters. The number of nitrogens with zero attached hydrogens (tertiary/aromatic N) is 3. The van der Waals surface area contributed by atoms with E-state index in [1.807, 2.05) is 53.2 Å². The Kier molecular flexibility index (Phi) is 5.53. The highest BCUT2D eigenvalue weighted by Gasteiger charge is 2.15. The second-order valence-electron chi connectivity index (χ2n) is 7.51. The van der Waals surface area contributed by atoms with Crippen LogP contribution < -0.4 is 4.83 Å². The van der Waals surface area contributed by atoms with E-state index in [4.69, 9.17) is 4.98 Å². The van der Waals surface area contributed by atoms with E-state index in [0.29, 0.717) is 5.69 Å². The van der Waals surface area contributed by atoms with Crippen molar-refractivity contribution in [1.82, 2.24) is 14.2 Å². The number of thiazole rings is 1. The highest BCUT2D eigenvalue weighted by atomic mass is 32.2. The summed E-state index contributed by atoms with van der Waals surface area (Å²) in [7, 11) is -3.76. The van der Waals surface area contributed by atoms with Crippen LogP contribution in [0.5, 0.6) is 0 Å². The second-order valence-corrected chi connectivity index (χ2v) is 10.0. The second kappa shape index (κ2) is 8.65. The van der Waals surface area contributed by atoms with Gasteiger partial charge in [-0.05, 0) is 30.2 Å². The molecule has 3 aromatic carbocycles. The van der Waals surface area contributed by atoms with Crippen LogP contribution in [0.2, 0.25) is 0 Å². The molecule has 5 rings (SSSR count).